The first kappa shape index (κ1) is 18.4. The van der Waals surface area contributed by atoms with E-state index in [9.17, 15) is 0 Å². The number of piperazine rings is 1. The fourth-order valence-corrected chi connectivity index (χ4v) is 3.77. The van der Waals surface area contributed by atoms with Crippen molar-refractivity contribution in [1.29, 1.82) is 0 Å². The number of nitrogens with two attached hydrogens (primary N) is 1. The van der Waals surface area contributed by atoms with Crippen LogP contribution in [0.25, 0.3) is 0 Å². The molecule has 2 aliphatic heterocycles. The van der Waals surface area contributed by atoms with Crippen molar-refractivity contribution in [2.24, 2.45) is 5.10 Å². The van der Waals surface area contributed by atoms with Gasteiger partial charge in [0.05, 0.1) is 27.8 Å². The number of aromatic nitrogens is 1. The molecule has 0 amide bonds. The van der Waals surface area contributed by atoms with Gasteiger partial charge in [0.25, 0.3) is 0 Å². The molecule has 0 bridgehead atoms. The second-order valence-electron chi connectivity index (χ2n) is 6.84. The van der Waals surface area contributed by atoms with E-state index in [2.05, 4.69) is 43.3 Å². The summed E-state index contributed by atoms with van der Waals surface area (Å²) in [5.74, 6) is 0.787. The molecule has 1 aromatic carbocycles. The lowest BCUT2D eigenvalue weighted by Crippen LogP contribution is -2.47. The van der Waals surface area contributed by atoms with Gasteiger partial charge in [-0.25, -0.2) is 0 Å². The van der Waals surface area contributed by atoms with E-state index < -0.39 is 0 Å². The molecule has 28 heavy (non-hydrogen) atoms. The van der Waals surface area contributed by atoms with Gasteiger partial charge >= 0.3 is 0 Å². The van der Waals surface area contributed by atoms with E-state index in [1.54, 1.807) is 12.3 Å². The highest BCUT2D eigenvalue weighted by molar-refractivity contribution is 6.34. The van der Waals surface area contributed by atoms with Crippen molar-refractivity contribution in [3.05, 3.63) is 59.6 Å². The Kier molecular flexibility index (Phi) is 5.25. The van der Waals surface area contributed by atoms with Crippen molar-refractivity contribution in [1.82, 2.24) is 15.3 Å². The van der Waals surface area contributed by atoms with Crippen LogP contribution in [-0.4, -0.2) is 48.3 Å². The molecule has 4 rings (SSSR count). The zero-order valence-electron chi connectivity index (χ0n) is 15.7. The first-order valence-electron chi connectivity index (χ1n) is 9.38. The molecule has 0 spiro atoms. The molecular formula is C20H24ClN7. The zero-order valence-corrected chi connectivity index (χ0v) is 16.4. The van der Waals surface area contributed by atoms with Crippen molar-refractivity contribution in [3.63, 3.8) is 0 Å². The van der Waals surface area contributed by atoms with Crippen LogP contribution in [0.15, 0.2) is 54.0 Å². The fraction of sp³-hybridized carbons (Fsp3) is 0.300. The van der Waals surface area contributed by atoms with Crippen LogP contribution in [0.2, 0.25) is 5.02 Å². The quantitative estimate of drug-likeness (QED) is 0.543. The molecule has 2 aliphatic rings. The van der Waals surface area contributed by atoms with Crippen molar-refractivity contribution in [2.75, 3.05) is 48.7 Å². The van der Waals surface area contributed by atoms with Gasteiger partial charge in [0.1, 0.15) is 11.5 Å². The number of nitrogens with zero attached hydrogens (tertiary/aromatic N) is 4. The Bertz CT molecular complexity index is 903. The van der Waals surface area contributed by atoms with E-state index in [1.807, 2.05) is 18.2 Å². The number of hydrazone groups is 1. The third-order valence-electron chi connectivity index (χ3n) is 5.10. The molecule has 0 atom stereocenters. The number of fused-ring (bicyclic) bond motifs is 1. The van der Waals surface area contributed by atoms with Gasteiger partial charge < -0.3 is 20.9 Å². The lowest BCUT2D eigenvalue weighted by Gasteiger charge is -2.38. The van der Waals surface area contributed by atoms with Crippen molar-refractivity contribution in [2.45, 2.75) is 6.42 Å². The molecule has 146 valence electrons. The summed E-state index contributed by atoms with van der Waals surface area (Å²) in [4.78, 5) is 8.93. The molecule has 1 aromatic heterocycles. The molecule has 3 heterocycles. The molecule has 1 saturated heterocycles. The smallest absolute Gasteiger partial charge is 0.115 e. The summed E-state index contributed by atoms with van der Waals surface area (Å²) in [6.45, 7) is 8.41. The minimum Gasteiger partial charge on any atom is -0.397 e. The van der Waals surface area contributed by atoms with Gasteiger partial charge in [0.2, 0.25) is 0 Å². The van der Waals surface area contributed by atoms with E-state index in [-0.39, 0.29) is 0 Å². The molecule has 0 saturated carbocycles. The molecule has 0 radical (unpaired) electrons. The summed E-state index contributed by atoms with van der Waals surface area (Å²) >= 11 is 6.25. The number of nitrogen functional groups attached to an aromatic ring is 1. The summed E-state index contributed by atoms with van der Waals surface area (Å²) in [7, 11) is 0. The number of benzene rings is 1. The number of hydrogen-bond donors (Lipinski definition) is 3. The first-order valence-corrected chi connectivity index (χ1v) is 9.76. The van der Waals surface area contributed by atoms with Crippen LogP contribution in [0.5, 0.6) is 0 Å². The molecule has 2 aromatic rings. The van der Waals surface area contributed by atoms with E-state index in [4.69, 9.17) is 17.3 Å². The SMILES string of the molecule is C=C(N/N=C1/CCNc2c(Cl)ccnc21)N1CCN(c2ccccc2N)CC1. The van der Waals surface area contributed by atoms with Crippen molar-refractivity contribution in [3.8, 4) is 0 Å². The van der Waals surface area contributed by atoms with E-state index >= 15 is 0 Å². The number of para-hydroxylation sites is 2. The highest BCUT2D eigenvalue weighted by atomic mass is 35.5. The molecule has 0 unspecified atom stereocenters. The number of halogens is 1. The number of anilines is 3. The number of nitrogens with one attached hydrogen (secondary N) is 2. The van der Waals surface area contributed by atoms with Gasteiger partial charge in [-0.1, -0.05) is 30.3 Å². The summed E-state index contributed by atoms with van der Waals surface area (Å²) < 4.78 is 0. The van der Waals surface area contributed by atoms with Crippen LogP contribution >= 0.6 is 11.6 Å². The van der Waals surface area contributed by atoms with Gasteiger partial charge in [0, 0.05) is 45.3 Å². The van der Waals surface area contributed by atoms with Crippen LogP contribution in [-0.2, 0) is 0 Å². The maximum Gasteiger partial charge on any atom is 0.115 e. The van der Waals surface area contributed by atoms with Gasteiger partial charge in [-0.2, -0.15) is 5.10 Å². The number of rotatable bonds is 4. The maximum atomic E-state index is 6.25. The van der Waals surface area contributed by atoms with Crippen LogP contribution in [0.3, 0.4) is 0 Å². The summed E-state index contributed by atoms with van der Waals surface area (Å²) in [5.41, 5.74) is 13.6. The monoisotopic (exact) mass is 397 g/mol. The average molecular weight is 398 g/mol. The number of pyridine rings is 1. The largest absolute Gasteiger partial charge is 0.397 e. The average Bonchev–Trinajstić information content (AvgIpc) is 2.73. The fourth-order valence-electron chi connectivity index (χ4n) is 3.55. The highest BCUT2D eigenvalue weighted by Crippen LogP contribution is 2.28. The van der Waals surface area contributed by atoms with Gasteiger partial charge in [0.15, 0.2) is 0 Å². The van der Waals surface area contributed by atoms with Crippen LogP contribution < -0.4 is 21.4 Å². The zero-order chi connectivity index (χ0) is 19.5. The van der Waals surface area contributed by atoms with E-state index in [1.165, 1.54) is 0 Å². The van der Waals surface area contributed by atoms with Crippen molar-refractivity contribution >= 4 is 34.4 Å². The summed E-state index contributed by atoms with van der Waals surface area (Å²) in [6.07, 6.45) is 2.48. The Labute approximate surface area is 169 Å². The Balaban J connectivity index is 1.38. The van der Waals surface area contributed by atoms with E-state index in [0.717, 1.165) is 73.4 Å². The molecule has 0 aliphatic carbocycles. The Morgan fingerprint density at radius 3 is 2.79 bits per heavy atom. The first-order chi connectivity index (χ1) is 13.6. The maximum absolute atomic E-state index is 6.25. The third kappa shape index (κ3) is 3.71. The second kappa shape index (κ2) is 7.98. The predicted molar refractivity (Wildman–Crippen MR) is 116 cm³/mol. The minimum absolute atomic E-state index is 0.660. The summed E-state index contributed by atoms with van der Waals surface area (Å²) in [6, 6.07) is 9.76. The molecule has 4 N–H and O–H groups in total. The Morgan fingerprint density at radius 1 is 1.21 bits per heavy atom. The third-order valence-corrected chi connectivity index (χ3v) is 5.41. The number of hydrogen-bond acceptors (Lipinski definition) is 7. The molecule has 1 fully saturated rings. The van der Waals surface area contributed by atoms with Crippen LogP contribution in [0, 0.1) is 0 Å². The van der Waals surface area contributed by atoms with Gasteiger partial charge in [-0.3, -0.25) is 10.4 Å². The van der Waals surface area contributed by atoms with Crippen LogP contribution in [0.4, 0.5) is 17.1 Å². The van der Waals surface area contributed by atoms with Crippen molar-refractivity contribution < 1.29 is 0 Å². The summed E-state index contributed by atoms with van der Waals surface area (Å²) in [5, 5.41) is 8.51. The minimum atomic E-state index is 0.660. The van der Waals surface area contributed by atoms with Gasteiger partial charge in [-0.05, 0) is 18.2 Å². The van der Waals surface area contributed by atoms with E-state index in [0.29, 0.717) is 5.02 Å². The van der Waals surface area contributed by atoms with Gasteiger partial charge in [-0.15, -0.1) is 0 Å². The lowest BCUT2D eigenvalue weighted by atomic mass is 10.1. The normalized spacial score (nSPS) is 17.8. The Hall–Kier alpha value is -2.93. The highest BCUT2D eigenvalue weighted by Gasteiger charge is 2.21. The molecule has 7 nitrogen and oxygen atoms in total. The predicted octanol–water partition coefficient (Wildman–Crippen LogP) is 2.72. The second-order valence-corrected chi connectivity index (χ2v) is 7.25. The standard InChI is InChI=1S/C20H24ClN7/c1-14(25-26-17-7-9-23-19-15(21)6-8-24-20(17)19)27-10-12-28(13-11-27)18-5-3-2-4-16(18)22/h2-6,8,23,25H,1,7,9-13,22H2/b26-17-. The molecule has 8 heteroatoms. The Morgan fingerprint density at radius 2 is 2.00 bits per heavy atom. The lowest BCUT2D eigenvalue weighted by molar-refractivity contribution is 0.303. The van der Waals surface area contributed by atoms with Crippen LogP contribution in [0.1, 0.15) is 12.1 Å². The molecular weight excluding hydrogens is 374 g/mol. The topological polar surface area (TPSA) is 81.8 Å².